The third-order valence-electron chi connectivity index (χ3n) is 8.32. The molecule has 13 heteroatoms. The number of aliphatic hydroxyl groups is 3. The van der Waals surface area contributed by atoms with Crippen LogP contribution in [-0.2, 0) is 20.9 Å². The van der Waals surface area contributed by atoms with Gasteiger partial charge in [0, 0.05) is 16.9 Å². The van der Waals surface area contributed by atoms with Crippen molar-refractivity contribution in [2.24, 2.45) is 5.92 Å². The van der Waals surface area contributed by atoms with Crippen molar-refractivity contribution < 1.29 is 34.4 Å². The van der Waals surface area contributed by atoms with E-state index >= 15 is 0 Å². The number of aromatic nitrogens is 3. The Hall–Kier alpha value is -2.46. The summed E-state index contributed by atoms with van der Waals surface area (Å²) in [4.78, 5) is 41.6. The molecule has 43 heavy (non-hydrogen) atoms. The van der Waals surface area contributed by atoms with E-state index in [2.05, 4.69) is 45.1 Å². The van der Waals surface area contributed by atoms with E-state index in [-0.39, 0.29) is 24.2 Å². The standard InChI is InChI=1S/C30H42IN5O7/c1-3-4-5-14-23(39)26(19-10-6-7-11-19)35(29(42)21-12-8-9-13-22(21)31)15-20-16-36(34-33-20)30-25(32-18(2)38)28(41)27(40)24(17-37)43-30/h8-9,12-13,16,19,24-28,30,37,40-41H,3-7,10-11,14-15,17H2,1-2H3,(H,32,38). The second kappa shape index (κ2) is 15.5. The second-order valence-electron chi connectivity index (χ2n) is 11.5. The molecule has 1 aliphatic heterocycles. The number of rotatable bonds is 13. The fraction of sp³-hybridized carbons (Fsp3) is 0.633. The second-order valence-corrected chi connectivity index (χ2v) is 12.6. The Morgan fingerprint density at radius 1 is 1.16 bits per heavy atom. The number of halogens is 1. The van der Waals surface area contributed by atoms with Crippen molar-refractivity contribution >= 4 is 40.2 Å². The highest BCUT2D eigenvalue weighted by molar-refractivity contribution is 14.1. The number of amides is 2. The largest absolute Gasteiger partial charge is 0.394 e. The summed E-state index contributed by atoms with van der Waals surface area (Å²) in [7, 11) is 0. The quantitative estimate of drug-likeness (QED) is 0.180. The molecule has 4 N–H and O–H groups in total. The highest BCUT2D eigenvalue weighted by atomic mass is 127. The van der Waals surface area contributed by atoms with Crippen LogP contribution in [0.15, 0.2) is 30.5 Å². The highest BCUT2D eigenvalue weighted by Crippen LogP contribution is 2.34. The summed E-state index contributed by atoms with van der Waals surface area (Å²) in [6.45, 7) is 2.81. The first-order valence-electron chi connectivity index (χ1n) is 15.0. The summed E-state index contributed by atoms with van der Waals surface area (Å²) in [5.41, 5.74) is 0.888. The number of aliphatic hydroxyl groups excluding tert-OH is 3. The Bertz CT molecular complexity index is 1250. The molecule has 1 aromatic heterocycles. The minimum Gasteiger partial charge on any atom is -0.394 e. The van der Waals surface area contributed by atoms with E-state index in [1.54, 1.807) is 23.2 Å². The van der Waals surface area contributed by atoms with Crippen molar-refractivity contribution in [3.63, 3.8) is 0 Å². The number of unbranched alkanes of at least 4 members (excludes halogenated alkanes) is 2. The van der Waals surface area contributed by atoms with Crippen LogP contribution in [0.5, 0.6) is 0 Å². The molecule has 1 aliphatic carbocycles. The smallest absolute Gasteiger partial charge is 0.255 e. The van der Waals surface area contributed by atoms with Crippen LogP contribution in [0, 0.1) is 9.49 Å². The Morgan fingerprint density at radius 3 is 2.53 bits per heavy atom. The number of hydrogen-bond donors (Lipinski definition) is 4. The van der Waals surface area contributed by atoms with E-state index in [1.807, 2.05) is 12.1 Å². The summed E-state index contributed by atoms with van der Waals surface area (Å²) < 4.78 is 7.92. The number of nitrogens with one attached hydrogen (secondary N) is 1. The zero-order valence-electron chi connectivity index (χ0n) is 24.6. The first-order valence-corrected chi connectivity index (χ1v) is 16.1. The number of carbonyl (C=O) groups is 3. The minimum absolute atomic E-state index is 0.0105. The lowest BCUT2D eigenvalue weighted by Gasteiger charge is -2.42. The van der Waals surface area contributed by atoms with Gasteiger partial charge >= 0.3 is 0 Å². The van der Waals surface area contributed by atoms with E-state index < -0.39 is 49.1 Å². The van der Waals surface area contributed by atoms with Gasteiger partial charge in [-0.15, -0.1) is 5.10 Å². The maximum atomic E-state index is 14.2. The van der Waals surface area contributed by atoms with Crippen molar-refractivity contribution in [2.45, 2.75) is 108 Å². The molecule has 1 aromatic carbocycles. The molecule has 0 spiro atoms. The van der Waals surface area contributed by atoms with Crippen LogP contribution >= 0.6 is 22.6 Å². The lowest BCUT2D eigenvalue weighted by atomic mass is 9.89. The minimum atomic E-state index is -1.45. The molecule has 2 amide bonds. The van der Waals surface area contributed by atoms with Gasteiger partial charge in [-0.1, -0.05) is 50.0 Å². The number of Topliss-reactive ketones (excluding diaryl/α,β-unsaturated/α-hetero) is 1. The van der Waals surface area contributed by atoms with Crippen LogP contribution in [0.25, 0.3) is 0 Å². The summed E-state index contributed by atoms with van der Waals surface area (Å²) in [6, 6.07) is 5.59. The van der Waals surface area contributed by atoms with Gasteiger partial charge in [-0.25, -0.2) is 4.68 Å². The van der Waals surface area contributed by atoms with E-state index in [0.29, 0.717) is 17.7 Å². The maximum Gasteiger partial charge on any atom is 0.255 e. The molecule has 1 saturated heterocycles. The molecule has 4 rings (SSSR count). The van der Waals surface area contributed by atoms with Crippen molar-refractivity contribution in [2.75, 3.05) is 6.61 Å². The first-order chi connectivity index (χ1) is 20.7. The van der Waals surface area contributed by atoms with Crippen LogP contribution in [-0.4, -0.2) is 89.8 Å². The summed E-state index contributed by atoms with van der Waals surface area (Å²) >= 11 is 2.13. The molecule has 2 aromatic rings. The van der Waals surface area contributed by atoms with Crippen LogP contribution in [0.4, 0.5) is 0 Å². The van der Waals surface area contributed by atoms with Crippen molar-refractivity contribution in [1.29, 1.82) is 0 Å². The fourth-order valence-electron chi connectivity index (χ4n) is 6.15. The van der Waals surface area contributed by atoms with Crippen molar-refractivity contribution in [3.05, 3.63) is 45.3 Å². The lowest BCUT2D eigenvalue weighted by molar-refractivity contribution is -0.219. The zero-order valence-corrected chi connectivity index (χ0v) is 26.8. The van der Waals surface area contributed by atoms with Crippen LogP contribution in [0.1, 0.15) is 87.5 Å². The molecule has 236 valence electrons. The topological polar surface area (TPSA) is 167 Å². The molecule has 12 nitrogen and oxygen atoms in total. The molecule has 2 fully saturated rings. The molecular formula is C30H42IN5O7. The van der Waals surface area contributed by atoms with Gasteiger partial charge in [-0.3, -0.25) is 14.4 Å². The van der Waals surface area contributed by atoms with Gasteiger partial charge in [-0.05, 0) is 59.9 Å². The molecule has 6 unspecified atom stereocenters. The van der Waals surface area contributed by atoms with E-state index in [9.17, 15) is 29.7 Å². The predicted molar refractivity (Wildman–Crippen MR) is 165 cm³/mol. The number of benzene rings is 1. The van der Waals surface area contributed by atoms with Gasteiger partial charge in [-0.2, -0.15) is 0 Å². The first kappa shape index (κ1) is 33.4. The Balaban J connectivity index is 1.68. The molecule has 6 atom stereocenters. The third-order valence-corrected chi connectivity index (χ3v) is 9.27. The SMILES string of the molecule is CCCCCC(=O)C(C1CCCC1)N(Cc1cn(C2OC(CO)C(O)C(O)C2NC(C)=O)nn1)C(=O)c1ccccc1I. The number of ketones is 1. The predicted octanol–water partition coefficient (Wildman–Crippen LogP) is 2.35. The zero-order chi connectivity index (χ0) is 31.1. The van der Waals surface area contributed by atoms with Gasteiger partial charge in [0.1, 0.15) is 30.0 Å². The van der Waals surface area contributed by atoms with Crippen LogP contribution in [0.2, 0.25) is 0 Å². The highest BCUT2D eigenvalue weighted by Gasteiger charge is 2.46. The average Bonchev–Trinajstić information content (AvgIpc) is 3.68. The average molecular weight is 712 g/mol. The van der Waals surface area contributed by atoms with Crippen LogP contribution in [0.3, 0.4) is 0 Å². The van der Waals surface area contributed by atoms with Crippen molar-refractivity contribution in [1.82, 2.24) is 25.2 Å². The summed E-state index contributed by atoms with van der Waals surface area (Å²) in [5, 5.41) is 41.9. The maximum absolute atomic E-state index is 14.2. The van der Waals surface area contributed by atoms with Gasteiger partial charge in [0.15, 0.2) is 12.0 Å². The number of hydrogen-bond acceptors (Lipinski definition) is 9. The number of ether oxygens (including phenoxy) is 1. The Morgan fingerprint density at radius 2 is 1.88 bits per heavy atom. The van der Waals surface area contributed by atoms with E-state index in [1.165, 1.54) is 11.6 Å². The third kappa shape index (κ3) is 7.98. The van der Waals surface area contributed by atoms with E-state index in [0.717, 1.165) is 48.5 Å². The molecule has 0 bridgehead atoms. The summed E-state index contributed by atoms with van der Waals surface area (Å²) in [5.74, 6) is -0.620. The molecule has 0 radical (unpaired) electrons. The van der Waals surface area contributed by atoms with Gasteiger partial charge < -0.3 is 30.3 Å². The fourth-order valence-corrected chi connectivity index (χ4v) is 6.76. The van der Waals surface area contributed by atoms with Crippen molar-refractivity contribution in [3.8, 4) is 0 Å². The molecule has 1 saturated carbocycles. The summed E-state index contributed by atoms with van der Waals surface area (Å²) in [6.07, 6.45) is 3.28. The normalized spacial score (nSPS) is 24.9. The monoisotopic (exact) mass is 711 g/mol. The van der Waals surface area contributed by atoms with Gasteiger partial charge in [0.25, 0.3) is 5.91 Å². The van der Waals surface area contributed by atoms with E-state index in [4.69, 9.17) is 4.74 Å². The molecule has 2 heterocycles. The Kier molecular flexibility index (Phi) is 12.1. The van der Waals surface area contributed by atoms with Crippen LogP contribution < -0.4 is 5.32 Å². The van der Waals surface area contributed by atoms with Gasteiger partial charge in [0.2, 0.25) is 5.91 Å². The lowest BCUT2D eigenvalue weighted by Crippen LogP contribution is -2.62. The van der Waals surface area contributed by atoms with Gasteiger partial charge in [0.05, 0.1) is 31.0 Å². The molecule has 2 aliphatic rings. The molecular weight excluding hydrogens is 669 g/mol. The Labute approximate surface area is 265 Å². The number of nitrogens with zero attached hydrogens (tertiary/aromatic N) is 4. The number of carbonyl (C=O) groups excluding carboxylic acids is 3.